The highest BCUT2D eigenvalue weighted by molar-refractivity contribution is 6.30. The number of nitrogens with two attached hydrogens (primary N) is 1. The lowest BCUT2D eigenvalue weighted by Crippen LogP contribution is -2.57. The first-order valence-electron chi connectivity index (χ1n) is 26.5. The van der Waals surface area contributed by atoms with E-state index in [1.807, 2.05) is 86.9 Å². The molecule has 2 aromatic heterocycles. The van der Waals surface area contributed by atoms with Gasteiger partial charge >= 0.3 is 6.03 Å². The molecule has 0 bridgehead atoms. The molecule has 0 spiro atoms. The van der Waals surface area contributed by atoms with Crippen molar-refractivity contribution >= 4 is 63.7 Å². The molecule has 432 valence electrons. The molecule has 9 rings (SSSR count). The van der Waals surface area contributed by atoms with Crippen LogP contribution in [0.2, 0.25) is 10.0 Å². The van der Waals surface area contributed by atoms with Crippen molar-refractivity contribution in [1.29, 1.82) is 0 Å². The second-order valence-electron chi connectivity index (χ2n) is 19.3. The molecular formula is C59H67Cl2N11O10. The number of primary amides is 1. The van der Waals surface area contributed by atoms with Gasteiger partial charge in [-0.1, -0.05) is 84.4 Å². The number of fused-ring (bicyclic) bond motifs is 1. The Bertz CT molecular complexity index is 3320. The number of hydrogen-bond acceptors (Lipinski definition) is 14. The highest BCUT2D eigenvalue weighted by Crippen LogP contribution is 2.46. The van der Waals surface area contributed by atoms with Gasteiger partial charge in [-0.15, -0.1) is 5.10 Å². The molecule has 0 aliphatic carbocycles. The third-order valence-electron chi connectivity index (χ3n) is 13.3. The van der Waals surface area contributed by atoms with Gasteiger partial charge in [0.05, 0.1) is 108 Å². The number of aliphatic imine (C=N–C) groups is 1. The lowest BCUT2D eigenvalue weighted by atomic mass is 9.93. The quantitative estimate of drug-likeness (QED) is 0.0493. The molecule has 2 aliphatic heterocycles. The third kappa shape index (κ3) is 15.1. The van der Waals surface area contributed by atoms with Gasteiger partial charge < -0.3 is 49.3 Å². The number of carbonyl (C=O) groups is 4. The first-order chi connectivity index (χ1) is 39.3. The van der Waals surface area contributed by atoms with Gasteiger partial charge in [0.2, 0.25) is 11.8 Å². The van der Waals surface area contributed by atoms with E-state index in [0.29, 0.717) is 96.8 Å². The monoisotopic (exact) mass is 1160 g/mol. The van der Waals surface area contributed by atoms with Crippen LogP contribution in [0.5, 0.6) is 11.5 Å². The molecule has 5 aromatic carbocycles. The van der Waals surface area contributed by atoms with Crippen molar-refractivity contribution in [1.82, 2.24) is 44.8 Å². The molecule has 1 fully saturated rings. The summed E-state index contributed by atoms with van der Waals surface area (Å²) in [5, 5.41) is 17.8. The average Bonchev–Trinajstić information content (AvgIpc) is 4.44. The number of nitrogens with zero attached hydrogens (tertiary/aromatic N) is 9. The first-order valence-corrected chi connectivity index (χ1v) is 27.3. The van der Waals surface area contributed by atoms with E-state index in [1.54, 1.807) is 69.9 Å². The summed E-state index contributed by atoms with van der Waals surface area (Å²) >= 11 is 12.7. The van der Waals surface area contributed by atoms with Crippen LogP contribution in [0.4, 0.5) is 4.79 Å². The van der Waals surface area contributed by atoms with Crippen LogP contribution in [-0.2, 0) is 35.1 Å². The molecule has 0 saturated carbocycles. The van der Waals surface area contributed by atoms with Crippen LogP contribution < -0.4 is 20.5 Å². The summed E-state index contributed by atoms with van der Waals surface area (Å²) in [6.45, 7) is 7.37. The Morgan fingerprint density at radius 1 is 0.780 bits per heavy atom. The molecule has 2 aliphatic rings. The zero-order chi connectivity index (χ0) is 56.8. The van der Waals surface area contributed by atoms with Crippen LogP contribution in [0, 0.1) is 0 Å². The van der Waals surface area contributed by atoms with Crippen molar-refractivity contribution in [3.8, 4) is 28.4 Å². The molecule has 3 N–H and O–H groups in total. The Labute approximate surface area is 485 Å². The predicted octanol–water partition coefficient (Wildman–Crippen LogP) is 7.81. The van der Waals surface area contributed by atoms with Crippen molar-refractivity contribution < 1.29 is 47.6 Å². The number of rotatable bonds is 26. The number of aromatic nitrogens is 5. The van der Waals surface area contributed by atoms with E-state index in [0.717, 1.165) is 33.5 Å². The molecular weight excluding hydrogens is 1090 g/mol. The number of hydrogen-bond donors (Lipinski definition) is 2. The largest absolute Gasteiger partial charge is 0.497 e. The zero-order valence-corrected chi connectivity index (χ0v) is 46.6. The van der Waals surface area contributed by atoms with Gasteiger partial charge in [0.15, 0.2) is 0 Å². The van der Waals surface area contributed by atoms with Crippen LogP contribution in [0.3, 0.4) is 0 Å². The number of carbonyl (C=O) groups excluding carboxylic acids is 4. The lowest BCUT2D eigenvalue weighted by Gasteiger charge is -2.38. The summed E-state index contributed by atoms with van der Waals surface area (Å²) in [5.74, 6) is 0.152. The fourth-order valence-electron chi connectivity index (χ4n) is 9.32. The minimum Gasteiger partial charge on any atom is -0.497 e. The number of amidine groups is 1. The average molecular weight is 1160 g/mol. The first kappa shape index (κ1) is 60.2. The second kappa shape index (κ2) is 28.7. The molecule has 0 unspecified atom stereocenters. The molecule has 4 heterocycles. The molecule has 1 saturated heterocycles. The molecule has 21 nitrogen and oxygen atoms in total. The maximum Gasteiger partial charge on any atom is 0.326 e. The van der Waals surface area contributed by atoms with E-state index >= 15 is 4.79 Å². The van der Waals surface area contributed by atoms with Gasteiger partial charge in [-0.2, -0.15) is 5.10 Å². The van der Waals surface area contributed by atoms with Crippen molar-refractivity contribution in [2.45, 2.75) is 46.0 Å². The predicted molar refractivity (Wildman–Crippen MR) is 311 cm³/mol. The number of ether oxygens (including phenoxy) is 6. The van der Waals surface area contributed by atoms with E-state index in [1.165, 1.54) is 9.80 Å². The van der Waals surface area contributed by atoms with E-state index < -0.39 is 24.0 Å². The maximum absolute atomic E-state index is 15.0. The summed E-state index contributed by atoms with van der Waals surface area (Å²) in [6, 6.07) is 31.4. The number of nitrogens with one attached hydrogen (secondary N) is 1. The Hall–Kier alpha value is -7.92. The highest BCUT2D eigenvalue weighted by Gasteiger charge is 2.46. The summed E-state index contributed by atoms with van der Waals surface area (Å²) in [7, 11) is 1.57. The van der Waals surface area contributed by atoms with E-state index in [9.17, 15) is 14.4 Å². The number of urea groups is 1. The van der Waals surface area contributed by atoms with E-state index in [2.05, 4.69) is 20.7 Å². The van der Waals surface area contributed by atoms with Gasteiger partial charge in [0.25, 0.3) is 5.91 Å². The summed E-state index contributed by atoms with van der Waals surface area (Å²) < 4.78 is 37.8. The Morgan fingerprint density at radius 3 is 2.09 bits per heavy atom. The third-order valence-corrected chi connectivity index (χ3v) is 13.8. The van der Waals surface area contributed by atoms with Gasteiger partial charge in [-0.25, -0.2) is 14.2 Å². The maximum atomic E-state index is 15.0. The van der Waals surface area contributed by atoms with Crippen LogP contribution in [0.25, 0.3) is 27.8 Å². The topological polar surface area (TPSA) is 232 Å². The van der Waals surface area contributed by atoms with Crippen LogP contribution in [0.15, 0.2) is 127 Å². The smallest absolute Gasteiger partial charge is 0.326 e. The molecule has 5 amide bonds. The van der Waals surface area contributed by atoms with E-state index in [4.69, 9.17) is 62.3 Å². The van der Waals surface area contributed by atoms with Crippen molar-refractivity contribution in [2.24, 2.45) is 10.7 Å². The number of benzene rings is 5. The number of methoxy groups -OCH3 is 1. The van der Waals surface area contributed by atoms with Gasteiger partial charge in [0, 0.05) is 52.9 Å². The Morgan fingerprint density at radius 2 is 1.44 bits per heavy atom. The van der Waals surface area contributed by atoms with Crippen molar-refractivity contribution in [3.63, 3.8) is 0 Å². The Balaban J connectivity index is 0.00000880. The molecule has 82 heavy (non-hydrogen) atoms. The highest BCUT2D eigenvalue weighted by atomic mass is 35.5. The summed E-state index contributed by atoms with van der Waals surface area (Å²) in [6.07, 6.45) is 3.50. The van der Waals surface area contributed by atoms with E-state index in [-0.39, 0.29) is 64.7 Å². The fourth-order valence-corrected chi connectivity index (χ4v) is 9.58. The van der Waals surface area contributed by atoms with Crippen LogP contribution in [0.1, 0.15) is 60.4 Å². The second-order valence-corrected chi connectivity index (χ2v) is 20.1. The lowest BCUT2D eigenvalue weighted by molar-refractivity contribution is -0.139. The fraction of sp³-hybridized carbons (Fsp3) is 0.356. The van der Waals surface area contributed by atoms with Crippen molar-refractivity contribution in [2.75, 3.05) is 92.7 Å². The summed E-state index contributed by atoms with van der Waals surface area (Å²) in [5.41, 5.74) is 11.0. The number of halogens is 2. The molecule has 7 aromatic rings. The number of piperazine rings is 1. The summed E-state index contributed by atoms with van der Waals surface area (Å²) in [4.78, 5) is 63.4. The number of amides is 5. The van der Waals surface area contributed by atoms with Gasteiger partial charge in [0.1, 0.15) is 41.1 Å². The minimum absolute atomic E-state index is 0. The molecule has 2 atom stereocenters. The molecule has 0 radical (unpaired) electrons. The molecule has 23 heteroatoms. The van der Waals surface area contributed by atoms with Crippen LogP contribution in [-0.4, -0.2) is 168 Å². The SMILES string of the molecule is C.COc1ccc(C2=N[C@H](c3ccc(Cl)cc3)[C@H](c3ccc(Cl)cc3)N2C(=O)N2CCN(CC(=O)NCCOCCOCCOCCOCCn3cc(-c4ccc(-n5cc6cccc(C(N)=O)c6n5)cc4)nn3)C(=O)C2)c(OC(C)C)c1. The normalized spacial score (nSPS) is 15.2. The van der Waals surface area contributed by atoms with Gasteiger partial charge in [-0.3, -0.25) is 24.3 Å². The minimum atomic E-state index is -0.654. The standard InChI is InChI=1S/C58H63Cl2N11O10.CH4/c1-38(2)81-50-33-46(76-3)19-20-47(50)57-63-54(40-7-13-43(59)14-8-40)55(41-9-15-44(60)16-10-41)71(57)58(75)68-23-22-67(52(73)37-68)36-51(72)62-21-25-77-27-29-79-31-32-80-30-28-78-26-24-69-35-49(64-66-69)39-11-17-45(18-12-39)70-34-42-5-4-6-48(56(61)74)53(42)65-70;/h4-20,33-35,38,54-55H,21-32,36-37H2,1-3H3,(H2,61,74)(H,62,72);1H4/t54-,55+;/m1./s1. The zero-order valence-electron chi connectivity index (χ0n) is 45.1. The van der Waals surface area contributed by atoms with Gasteiger partial charge in [-0.05, 0) is 79.6 Å². The Kier molecular flexibility index (Phi) is 21.0. The van der Waals surface area contributed by atoms with Crippen LogP contribution >= 0.6 is 23.2 Å². The van der Waals surface area contributed by atoms with Crippen molar-refractivity contribution in [3.05, 3.63) is 154 Å².